The zero-order valence-electron chi connectivity index (χ0n) is 8.12. The monoisotopic (exact) mass is 208 g/mol. The molecule has 6 heteroatoms. The van der Waals surface area contributed by atoms with Crippen LogP contribution in [0.25, 0.3) is 0 Å². The van der Waals surface area contributed by atoms with Crippen molar-refractivity contribution in [2.24, 2.45) is 0 Å². The van der Waals surface area contributed by atoms with Gasteiger partial charge in [-0.15, -0.1) is 0 Å². The van der Waals surface area contributed by atoms with E-state index in [2.05, 4.69) is 0 Å². The molecule has 0 bridgehead atoms. The molecule has 1 fully saturated rings. The maximum absolute atomic E-state index is 9.85. The van der Waals surface area contributed by atoms with Gasteiger partial charge in [0.05, 0.1) is 6.61 Å². The molecular weight excluding hydrogens is 192 g/mol. The molecule has 0 aromatic heterocycles. The Hall–Kier alpha value is -0.240. The average Bonchev–Trinajstić information content (AvgIpc) is 2.12. The van der Waals surface area contributed by atoms with E-state index in [-0.39, 0.29) is 0 Å². The number of rotatable bonds is 2. The van der Waals surface area contributed by atoms with E-state index in [0.717, 1.165) is 0 Å². The van der Waals surface area contributed by atoms with Crippen LogP contribution in [0.4, 0.5) is 0 Å². The second-order valence-corrected chi connectivity index (χ2v) is 3.57. The third-order valence-corrected chi connectivity index (χ3v) is 2.53. The molecule has 1 saturated heterocycles. The lowest BCUT2D eigenvalue weighted by Crippen LogP contribution is -2.66. The van der Waals surface area contributed by atoms with E-state index in [1.807, 2.05) is 0 Å². The minimum absolute atomic E-state index is 0.481. The maximum atomic E-state index is 9.85. The van der Waals surface area contributed by atoms with Gasteiger partial charge in [0.25, 0.3) is 0 Å². The van der Waals surface area contributed by atoms with Crippen LogP contribution in [0.2, 0.25) is 0 Å². The third-order valence-electron chi connectivity index (χ3n) is 2.53. The fraction of sp³-hybridized carbons (Fsp3) is 1.00. The predicted octanol–water partition coefficient (Wildman–Crippen LogP) is -2.18. The minimum Gasteiger partial charge on any atom is -0.394 e. The van der Waals surface area contributed by atoms with Gasteiger partial charge in [-0.3, -0.25) is 0 Å². The zero-order chi connectivity index (χ0) is 10.9. The molecule has 0 aromatic rings. The summed E-state index contributed by atoms with van der Waals surface area (Å²) in [4.78, 5) is 0. The van der Waals surface area contributed by atoms with Gasteiger partial charge in [-0.05, 0) is 6.92 Å². The lowest BCUT2D eigenvalue weighted by Gasteiger charge is -2.45. The maximum Gasteiger partial charge on any atom is 0.184 e. The van der Waals surface area contributed by atoms with E-state index in [1.165, 1.54) is 14.0 Å². The molecule has 0 spiro atoms. The van der Waals surface area contributed by atoms with Crippen molar-refractivity contribution >= 4 is 0 Å². The summed E-state index contributed by atoms with van der Waals surface area (Å²) in [6, 6.07) is 0. The largest absolute Gasteiger partial charge is 0.394 e. The van der Waals surface area contributed by atoms with Crippen molar-refractivity contribution in [2.75, 3.05) is 13.7 Å². The summed E-state index contributed by atoms with van der Waals surface area (Å²) >= 11 is 0. The molecule has 0 amide bonds. The smallest absolute Gasteiger partial charge is 0.184 e. The Balaban J connectivity index is 2.85. The van der Waals surface area contributed by atoms with E-state index in [1.54, 1.807) is 0 Å². The molecule has 1 heterocycles. The second-order valence-electron chi connectivity index (χ2n) is 3.57. The Morgan fingerprint density at radius 2 is 2.00 bits per heavy atom. The first-order valence-electron chi connectivity index (χ1n) is 4.32. The van der Waals surface area contributed by atoms with E-state index in [0.29, 0.717) is 0 Å². The summed E-state index contributed by atoms with van der Waals surface area (Å²) in [5.74, 6) is 0. The van der Waals surface area contributed by atoms with Crippen molar-refractivity contribution in [3.8, 4) is 0 Å². The van der Waals surface area contributed by atoms with Crippen molar-refractivity contribution < 1.29 is 29.9 Å². The molecule has 0 saturated carbocycles. The highest BCUT2D eigenvalue weighted by Gasteiger charge is 2.52. The highest BCUT2D eigenvalue weighted by molar-refractivity contribution is 4.99. The molecule has 1 aliphatic rings. The Morgan fingerprint density at radius 3 is 2.43 bits per heavy atom. The molecule has 0 aromatic carbocycles. The number of hydrogen-bond acceptors (Lipinski definition) is 6. The predicted molar refractivity (Wildman–Crippen MR) is 45.4 cm³/mol. The van der Waals surface area contributed by atoms with Crippen LogP contribution < -0.4 is 0 Å². The molecule has 6 nitrogen and oxygen atoms in total. The van der Waals surface area contributed by atoms with Gasteiger partial charge in [-0.1, -0.05) is 0 Å². The summed E-state index contributed by atoms with van der Waals surface area (Å²) in [6.45, 7) is 0.838. The van der Waals surface area contributed by atoms with E-state index < -0.39 is 36.8 Å². The van der Waals surface area contributed by atoms with Gasteiger partial charge >= 0.3 is 0 Å². The molecule has 14 heavy (non-hydrogen) atoms. The first-order chi connectivity index (χ1) is 6.45. The van der Waals surface area contributed by atoms with Gasteiger partial charge in [0, 0.05) is 7.11 Å². The second kappa shape index (κ2) is 4.09. The molecule has 84 valence electrons. The quantitative estimate of drug-likeness (QED) is 0.412. The van der Waals surface area contributed by atoms with E-state index in [4.69, 9.17) is 14.6 Å². The third kappa shape index (κ3) is 1.77. The van der Waals surface area contributed by atoms with Crippen molar-refractivity contribution in [1.29, 1.82) is 0 Å². The van der Waals surface area contributed by atoms with Crippen LogP contribution in [-0.4, -0.2) is 64.3 Å². The molecule has 0 unspecified atom stereocenters. The van der Waals surface area contributed by atoms with Gasteiger partial charge in [0.1, 0.15) is 23.9 Å². The normalized spacial score (nSPS) is 49.3. The fourth-order valence-electron chi connectivity index (χ4n) is 1.66. The highest BCUT2D eigenvalue weighted by Crippen LogP contribution is 2.30. The molecule has 0 aliphatic carbocycles. The Kier molecular flexibility index (Phi) is 3.46. The topological polar surface area (TPSA) is 99.4 Å². The number of ether oxygens (including phenoxy) is 2. The first-order valence-corrected chi connectivity index (χ1v) is 4.32. The summed E-state index contributed by atoms with van der Waals surface area (Å²) in [5, 5.41) is 37.7. The number of hydrogen-bond donors (Lipinski definition) is 4. The fourth-order valence-corrected chi connectivity index (χ4v) is 1.66. The lowest BCUT2D eigenvalue weighted by molar-refractivity contribution is -0.321. The van der Waals surface area contributed by atoms with Crippen LogP contribution in [0, 0.1) is 0 Å². The van der Waals surface area contributed by atoms with Crippen molar-refractivity contribution in [2.45, 2.75) is 37.1 Å². The van der Waals surface area contributed by atoms with Gasteiger partial charge in [0.2, 0.25) is 0 Å². The van der Waals surface area contributed by atoms with Crippen molar-refractivity contribution in [1.82, 2.24) is 0 Å². The summed E-state index contributed by atoms with van der Waals surface area (Å²) in [7, 11) is 1.29. The SMILES string of the molecule is CO[C@@H]1[C@@H](O)O[C@H](CO)[C@H](O)[C@]1(C)O. The van der Waals surface area contributed by atoms with Crippen LogP contribution >= 0.6 is 0 Å². The summed E-state index contributed by atoms with van der Waals surface area (Å²) in [5.41, 5.74) is -1.65. The molecule has 1 rings (SSSR count). The molecular formula is C8H16O6. The summed E-state index contributed by atoms with van der Waals surface area (Å²) in [6.07, 6.45) is -4.72. The van der Waals surface area contributed by atoms with Gasteiger partial charge < -0.3 is 29.9 Å². The standard InChI is InChI=1S/C8H16O6/c1-8(12)5(10)4(3-9)14-7(11)6(8)13-2/h4-7,9-12H,3H2,1-2H3/t4-,5+,6-,7+,8+/m1/s1. The van der Waals surface area contributed by atoms with E-state index >= 15 is 0 Å². The molecule has 5 atom stereocenters. The van der Waals surface area contributed by atoms with E-state index in [9.17, 15) is 15.3 Å². The number of aliphatic hydroxyl groups is 4. The average molecular weight is 208 g/mol. The van der Waals surface area contributed by atoms with Crippen molar-refractivity contribution in [3.63, 3.8) is 0 Å². The van der Waals surface area contributed by atoms with Crippen LogP contribution in [0.15, 0.2) is 0 Å². The van der Waals surface area contributed by atoms with Crippen molar-refractivity contribution in [3.05, 3.63) is 0 Å². The molecule has 4 N–H and O–H groups in total. The lowest BCUT2D eigenvalue weighted by atomic mass is 9.86. The number of aliphatic hydroxyl groups excluding tert-OH is 3. The molecule has 1 aliphatic heterocycles. The summed E-state index contributed by atoms with van der Waals surface area (Å²) < 4.78 is 9.67. The first kappa shape index (κ1) is 11.8. The minimum atomic E-state index is -1.65. The van der Waals surface area contributed by atoms with Gasteiger partial charge in [-0.25, -0.2) is 0 Å². The Labute approximate surface area is 81.7 Å². The van der Waals surface area contributed by atoms with Gasteiger partial charge in [0.15, 0.2) is 6.29 Å². The highest BCUT2D eigenvalue weighted by atomic mass is 16.7. The van der Waals surface area contributed by atoms with Crippen LogP contribution in [0.3, 0.4) is 0 Å². The zero-order valence-corrected chi connectivity index (χ0v) is 8.12. The van der Waals surface area contributed by atoms with Gasteiger partial charge in [-0.2, -0.15) is 0 Å². The Morgan fingerprint density at radius 1 is 1.43 bits per heavy atom. The Bertz CT molecular complexity index is 194. The molecule has 0 radical (unpaired) electrons. The van der Waals surface area contributed by atoms with Crippen LogP contribution in [0.1, 0.15) is 6.92 Å². The van der Waals surface area contributed by atoms with Crippen LogP contribution in [-0.2, 0) is 9.47 Å². The number of methoxy groups -OCH3 is 1. The van der Waals surface area contributed by atoms with Crippen LogP contribution in [0.5, 0.6) is 0 Å².